The maximum atomic E-state index is 14.1. The van der Waals surface area contributed by atoms with Gasteiger partial charge in [-0.25, -0.2) is 17.5 Å². The smallest absolute Gasteiger partial charge is 0.267 e. The highest BCUT2D eigenvalue weighted by molar-refractivity contribution is 14.1. The molecule has 5 nitrogen and oxygen atoms in total. The summed E-state index contributed by atoms with van der Waals surface area (Å²) >= 11 is 7.63. The van der Waals surface area contributed by atoms with E-state index in [1.54, 1.807) is 29.0 Å². The summed E-state index contributed by atoms with van der Waals surface area (Å²) in [6.07, 6.45) is 0.811. The molecule has 0 aliphatic carbocycles. The molecule has 0 aliphatic rings. The molecule has 9 heteroatoms. The number of sulfonamides is 1. The molecule has 0 aromatic heterocycles. The van der Waals surface area contributed by atoms with Gasteiger partial charge in [-0.15, -0.1) is 0 Å². The molecule has 2 aromatic rings. The highest BCUT2D eigenvalue weighted by atomic mass is 127. The summed E-state index contributed by atoms with van der Waals surface area (Å²) in [5.41, 5.74) is -0.386. The lowest BCUT2D eigenvalue weighted by molar-refractivity contribution is 0.0977. The monoisotopic (exact) mass is 469 g/mol. The van der Waals surface area contributed by atoms with Crippen LogP contribution in [0.5, 0.6) is 11.5 Å². The number of benzene rings is 2. The van der Waals surface area contributed by atoms with Crippen LogP contribution in [0.4, 0.5) is 4.39 Å². The Morgan fingerprint density at radius 3 is 2.43 bits per heavy atom. The van der Waals surface area contributed by atoms with Crippen molar-refractivity contribution in [2.45, 2.75) is 0 Å². The molecule has 0 heterocycles. The van der Waals surface area contributed by atoms with Gasteiger partial charge >= 0.3 is 0 Å². The van der Waals surface area contributed by atoms with Gasteiger partial charge < -0.3 is 4.74 Å². The van der Waals surface area contributed by atoms with Gasteiger partial charge in [-0.1, -0.05) is 11.6 Å². The Hall–Kier alpha value is -1.39. The lowest BCUT2D eigenvalue weighted by Crippen LogP contribution is -2.30. The van der Waals surface area contributed by atoms with E-state index in [1.165, 1.54) is 6.07 Å². The number of nitrogens with one attached hydrogen (secondary N) is 1. The first-order chi connectivity index (χ1) is 10.7. The zero-order valence-electron chi connectivity index (χ0n) is 11.6. The molecule has 0 saturated carbocycles. The summed E-state index contributed by atoms with van der Waals surface area (Å²) in [7, 11) is -3.78. The zero-order chi connectivity index (χ0) is 17.2. The Labute approximate surface area is 151 Å². The molecule has 0 radical (unpaired) electrons. The zero-order valence-corrected chi connectivity index (χ0v) is 15.4. The Kier molecular flexibility index (Phi) is 5.48. The molecule has 0 fully saturated rings. The van der Waals surface area contributed by atoms with E-state index in [-0.39, 0.29) is 11.3 Å². The van der Waals surface area contributed by atoms with Gasteiger partial charge in [0.25, 0.3) is 5.91 Å². The van der Waals surface area contributed by atoms with E-state index in [2.05, 4.69) is 0 Å². The second-order valence-corrected chi connectivity index (χ2v) is 7.87. The fourth-order valence-corrected chi connectivity index (χ4v) is 2.78. The summed E-state index contributed by atoms with van der Waals surface area (Å²) in [6.45, 7) is 0. The average molecular weight is 470 g/mol. The van der Waals surface area contributed by atoms with Crippen molar-refractivity contribution in [3.05, 3.63) is 56.4 Å². The van der Waals surface area contributed by atoms with Crippen molar-refractivity contribution in [3.63, 3.8) is 0 Å². The van der Waals surface area contributed by atoms with Gasteiger partial charge in [-0.2, -0.15) is 0 Å². The molecule has 2 rings (SSSR count). The maximum Gasteiger partial charge on any atom is 0.267 e. The molecule has 0 atom stereocenters. The van der Waals surface area contributed by atoms with E-state index < -0.39 is 21.7 Å². The van der Waals surface area contributed by atoms with Gasteiger partial charge in [0.15, 0.2) is 0 Å². The van der Waals surface area contributed by atoms with Crippen molar-refractivity contribution in [2.75, 3.05) is 6.26 Å². The van der Waals surface area contributed by atoms with Crippen LogP contribution in [0.25, 0.3) is 0 Å². The fraction of sp³-hybridized carbons (Fsp3) is 0.0714. The van der Waals surface area contributed by atoms with E-state index >= 15 is 0 Å². The van der Waals surface area contributed by atoms with Crippen LogP contribution in [-0.4, -0.2) is 20.6 Å². The Morgan fingerprint density at radius 1 is 1.26 bits per heavy atom. The molecule has 0 aliphatic heterocycles. The first-order valence-corrected chi connectivity index (χ1v) is 9.45. The minimum Gasteiger partial charge on any atom is -0.456 e. The maximum absolute atomic E-state index is 14.1. The van der Waals surface area contributed by atoms with Gasteiger partial charge in [0.2, 0.25) is 10.0 Å². The molecule has 23 heavy (non-hydrogen) atoms. The van der Waals surface area contributed by atoms with Crippen LogP contribution in [0.1, 0.15) is 10.4 Å². The number of carbonyl (C=O) groups is 1. The largest absolute Gasteiger partial charge is 0.456 e. The molecule has 0 bridgehead atoms. The van der Waals surface area contributed by atoms with E-state index in [0.29, 0.717) is 14.3 Å². The van der Waals surface area contributed by atoms with Gasteiger partial charge in [-0.05, 0) is 52.9 Å². The second-order valence-electron chi connectivity index (χ2n) is 4.52. The Balaban J connectivity index is 2.30. The van der Waals surface area contributed by atoms with Gasteiger partial charge in [0.05, 0.1) is 15.4 Å². The van der Waals surface area contributed by atoms with Crippen LogP contribution >= 0.6 is 34.2 Å². The van der Waals surface area contributed by atoms with Crippen molar-refractivity contribution in [2.24, 2.45) is 0 Å². The van der Waals surface area contributed by atoms with Crippen molar-refractivity contribution in [1.29, 1.82) is 0 Å². The summed E-state index contributed by atoms with van der Waals surface area (Å²) in [6, 6.07) is 8.69. The van der Waals surface area contributed by atoms with Crippen molar-refractivity contribution >= 4 is 50.1 Å². The summed E-state index contributed by atoms with van der Waals surface area (Å²) < 4.78 is 43.9. The summed E-state index contributed by atoms with van der Waals surface area (Å²) in [5.74, 6) is -1.29. The fourth-order valence-electron chi connectivity index (χ4n) is 1.63. The highest BCUT2D eigenvalue weighted by Crippen LogP contribution is 2.30. The third kappa shape index (κ3) is 5.05. The van der Waals surface area contributed by atoms with Crippen LogP contribution < -0.4 is 9.46 Å². The quantitative estimate of drug-likeness (QED) is 0.695. The minimum atomic E-state index is -3.78. The van der Waals surface area contributed by atoms with Crippen LogP contribution in [-0.2, 0) is 10.0 Å². The number of rotatable bonds is 4. The molecule has 122 valence electrons. The Morgan fingerprint density at radius 2 is 1.87 bits per heavy atom. The first-order valence-electron chi connectivity index (χ1n) is 6.10. The highest BCUT2D eigenvalue weighted by Gasteiger charge is 2.18. The minimum absolute atomic E-state index is 0.196. The predicted molar refractivity (Wildman–Crippen MR) is 93.0 cm³/mol. The third-order valence-corrected chi connectivity index (χ3v) is 4.24. The normalized spacial score (nSPS) is 11.1. The Bertz CT molecular complexity index is 856. The molecule has 2 aromatic carbocycles. The van der Waals surface area contributed by atoms with Crippen molar-refractivity contribution < 1.29 is 22.3 Å². The number of hydrogen-bond acceptors (Lipinski definition) is 4. The van der Waals surface area contributed by atoms with E-state index in [9.17, 15) is 17.6 Å². The van der Waals surface area contributed by atoms with E-state index in [1.807, 2.05) is 22.6 Å². The molecular formula is C14H10ClFINO4S. The number of ether oxygens (including phenoxy) is 1. The molecule has 0 spiro atoms. The summed E-state index contributed by atoms with van der Waals surface area (Å²) in [5, 5.41) is 0.533. The first kappa shape index (κ1) is 18.0. The SMILES string of the molecule is CS(=O)(=O)NC(=O)c1cc(I)c(Oc2ccc(Cl)cc2)cc1F. The van der Waals surface area contributed by atoms with Crippen LogP contribution in [0.15, 0.2) is 36.4 Å². The lowest BCUT2D eigenvalue weighted by atomic mass is 10.2. The van der Waals surface area contributed by atoms with Crippen LogP contribution in [0.2, 0.25) is 5.02 Å². The lowest BCUT2D eigenvalue weighted by Gasteiger charge is -2.10. The van der Waals surface area contributed by atoms with E-state index in [4.69, 9.17) is 16.3 Å². The number of halogens is 3. The van der Waals surface area contributed by atoms with Gasteiger partial charge in [0, 0.05) is 11.1 Å². The van der Waals surface area contributed by atoms with E-state index in [0.717, 1.165) is 12.3 Å². The summed E-state index contributed by atoms with van der Waals surface area (Å²) in [4.78, 5) is 11.8. The number of carbonyl (C=O) groups excluding carboxylic acids is 1. The molecular weight excluding hydrogens is 460 g/mol. The van der Waals surface area contributed by atoms with Crippen LogP contribution in [0.3, 0.4) is 0 Å². The number of hydrogen-bond donors (Lipinski definition) is 1. The van der Waals surface area contributed by atoms with Crippen molar-refractivity contribution in [1.82, 2.24) is 4.72 Å². The van der Waals surface area contributed by atoms with Gasteiger partial charge in [-0.3, -0.25) is 4.79 Å². The third-order valence-electron chi connectivity index (χ3n) is 2.59. The number of amides is 1. The van der Waals surface area contributed by atoms with Gasteiger partial charge in [0.1, 0.15) is 17.3 Å². The molecule has 1 amide bonds. The predicted octanol–water partition coefficient (Wildman–Crippen LogP) is 3.57. The van der Waals surface area contributed by atoms with Crippen molar-refractivity contribution in [3.8, 4) is 11.5 Å². The molecule has 0 saturated heterocycles. The van der Waals surface area contributed by atoms with Crippen LogP contribution in [0, 0.1) is 9.39 Å². The average Bonchev–Trinajstić information content (AvgIpc) is 2.43. The molecule has 0 unspecified atom stereocenters. The standard InChI is InChI=1S/C14H10ClFINO4S/c1-23(20,21)18-14(19)10-6-12(17)13(7-11(10)16)22-9-4-2-8(15)3-5-9/h2-7H,1H3,(H,18,19). The molecule has 1 N–H and O–H groups in total. The second kappa shape index (κ2) is 7.02. The topological polar surface area (TPSA) is 72.5 Å².